The van der Waals surface area contributed by atoms with Gasteiger partial charge < -0.3 is 0 Å². The highest BCUT2D eigenvalue weighted by Gasteiger charge is 2.11. The molecule has 0 aliphatic heterocycles. The lowest BCUT2D eigenvalue weighted by molar-refractivity contribution is 0.310. The van der Waals surface area contributed by atoms with Gasteiger partial charge in [0.05, 0.1) is 18.1 Å². The molecule has 3 aromatic rings. The van der Waals surface area contributed by atoms with Crippen LogP contribution in [0.3, 0.4) is 0 Å². The average molecular weight is 277 g/mol. The van der Waals surface area contributed by atoms with Crippen molar-refractivity contribution in [3.63, 3.8) is 0 Å². The van der Waals surface area contributed by atoms with Crippen LogP contribution in [0, 0.1) is 0 Å². The lowest BCUT2D eigenvalue weighted by Gasteiger charge is -2.12. The molecule has 3 nitrogen and oxygen atoms in total. The fourth-order valence-electron chi connectivity index (χ4n) is 2.38. The van der Waals surface area contributed by atoms with Gasteiger partial charge in [-0.05, 0) is 25.7 Å². The van der Waals surface area contributed by atoms with Crippen molar-refractivity contribution in [1.82, 2.24) is 14.7 Å². The molecule has 2 aromatic carbocycles. The molecule has 3 rings (SSSR count). The monoisotopic (exact) mass is 277 g/mol. The third-order valence-electron chi connectivity index (χ3n) is 3.34. The van der Waals surface area contributed by atoms with Crippen LogP contribution in [-0.4, -0.2) is 28.8 Å². The number of hydrogen-bond donors (Lipinski definition) is 0. The predicted molar refractivity (Wildman–Crippen MR) is 86.8 cm³/mol. The number of benzene rings is 2. The van der Waals surface area contributed by atoms with Crippen molar-refractivity contribution < 1.29 is 0 Å². The van der Waals surface area contributed by atoms with Crippen LogP contribution in [0.25, 0.3) is 22.5 Å². The van der Waals surface area contributed by atoms with E-state index in [9.17, 15) is 0 Å². The average Bonchev–Trinajstić information content (AvgIpc) is 2.92. The van der Waals surface area contributed by atoms with Gasteiger partial charge in [-0.15, -0.1) is 0 Å². The molecular weight excluding hydrogens is 258 g/mol. The van der Waals surface area contributed by atoms with Gasteiger partial charge in [-0.1, -0.05) is 60.7 Å². The smallest absolute Gasteiger partial charge is 0.0931 e. The van der Waals surface area contributed by atoms with Crippen molar-refractivity contribution in [2.75, 3.05) is 14.1 Å². The van der Waals surface area contributed by atoms with Gasteiger partial charge in [-0.2, -0.15) is 5.10 Å². The highest BCUT2D eigenvalue weighted by molar-refractivity contribution is 5.68. The van der Waals surface area contributed by atoms with E-state index >= 15 is 0 Å². The molecule has 3 heteroatoms. The summed E-state index contributed by atoms with van der Waals surface area (Å²) in [4.78, 5) is 2.12. The van der Waals surface area contributed by atoms with E-state index in [1.807, 2.05) is 24.3 Å². The molecular formula is C18H19N3. The zero-order valence-corrected chi connectivity index (χ0v) is 12.4. The Morgan fingerprint density at radius 2 is 1.43 bits per heavy atom. The Morgan fingerprint density at radius 3 is 2.00 bits per heavy atom. The Kier molecular flexibility index (Phi) is 3.84. The van der Waals surface area contributed by atoms with Gasteiger partial charge >= 0.3 is 0 Å². The summed E-state index contributed by atoms with van der Waals surface area (Å²) in [6.07, 6.45) is 0. The molecule has 1 heterocycles. The molecule has 0 spiro atoms. The van der Waals surface area contributed by atoms with Crippen LogP contribution in [0.1, 0.15) is 0 Å². The minimum absolute atomic E-state index is 0.761. The fraction of sp³-hybridized carbons (Fsp3) is 0.167. The van der Waals surface area contributed by atoms with E-state index in [1.54, 1.807) is 0 Å². The summed E-state index contributed by atoms with van der Waals surface area (Å²) in [5.74, 6) is 0. The molecule has 0 N–H and O–H groups in total. The van der Waals surface area contributed by atoms with E-state index < -0.39 is 0 Å². The van der Waals surface area contributed by atoms with Crippen molar-refractivity contribution in [2.45, 2.75) is 6.67 Å². The minimum atomic E-state index is 0.761. The summed E-state index contributed by atoms with van der Waals surface area (Å²) in [5.41, 5.74) is 4.49. The molecule has 0 saturated heterocycles. The Balaban J connectivity index is 2.07. The standard InChI is InChI=1S/C18H19N3/c1-20(2)14-21-18(16-11-7-4-8-12-16)13-17(19-21)15-9-5-3-6-10-15/h3-13H,14H2,1-2H3. The minimum Gasteiger partial charge on any atom is -0.291 e. The Hall–Kier alpha value is -2.39. The highest BCUT2D eigenvalue weighted by atomic mass is 15.4. The maximum absolute atomic E-state index is 4.77. The van der Waals surface area contributed by atoms with Gasteiger partial charge in [-0.3, -0.25) is 4.90 Å². The Labute approximate surface area is 125 Å². The maximum atomic E-state index is 4.77. The molecule has 0 unspecified atom stereocenters. The van der Waals surface area contributed by atoms with Crippen LogP contribution < -0.4 is 0 Å². The van der Waals surface area contributed by atoms with Gasteiger partial charge in [0.15, 0.2) is 0 Å². The summed E-state index contributed by atoms with van der Waals surface area (Å²) >= 11 is 0. The molecule has 0 atom stereocenters. The first-order valence-corrected chi connectivity index (χ1v) is 7.07. The molecule has 1 aromatic heterocycles. The quantitative estimate of drug-likeness (QED) is 0.724. The van der Waals surface area contributed by atoms with E-state index in [0.29, 0.717) is 0 Å². The zero-order chi connectivity index (χ0) is 14.7. The van der Waals surface area contributed by atoms with Crippen LogP contribution in [0.4, 0.5) is 0 Å². The molecule has 0 radical (unpaired) electrons. The molecule has 0 fully saturated rings. The first-order chi connectivity index (χ1) is 10.2. The Morgan fingerprint density at radius 1 is 0.857 bits per heavy atom. The zero-order valence-electron chi connectivity index (χ0n) is 12.4. The second kappa shape index (κ2) is 5.94. The number of hydrogen-bond acceptors (Lipinski definition) is 2. The van der Waals surface area contributed by atoms with E-state index in [4.69, 9.17) is 5.10 Å². The van der Waals surface area contributed by atoms with E-state index in [1.165, 1.54) is 5.56 Å². The van der Waals surface area contributed by atoms with E-state index in [-0.39, 0.29) is 0 Å². The summed E-state index contributed by atoms with van der Waals surface area (Å²) in [5, 5.41) is 4.77. The first kappa shape index (κ1) is 13.6. The molecule has 0 aliphatic rings. The second-order valence-corrected chi connectivity index (χ2v) is 5.37. The van der Waals surface area contributed by atoms with Gasteiger partial charge in [0.1, 0.15) is 0 Å². The molecule has 106 valence electrons. The van der Waals surface area contributed by atoms with Gasteiger partial charge in [-0.25, -0.2) is 4.68 Å². The number of nitrogens with zero attached hydrogens (tertiary/aromatic N) is 3. The van der Waals surface area contributed by atoms with Crippen molar-refractivity contribution >= 4 is 0 Å². The SMILES string of the molecule is CN(C)Cn1nc(-c2ccccc2)cc1-c1ccccc1. The summed E-state index contributed by atoms with van der Waals surface area (Å²) in [6.45, 7) is 0.761. The fourth-order valence-corrected chi connectivity index (χ4v) is 2.38. The second-order valence-electron chi connectivity index (χ2n) is 5.37. The maximum Gasteiger partial charge on any atom is 0.0931 e. The normalized spacial score (nSPS) is 11.0. The predicted octanol–water partition coefficient (Wildman–Crippen LogP) is 3.74. The van der Waals surface area contributed by atoms with E-state index in [0.717, 1.165) is 23.6 Å². The van der Waals surface area contributed by atoms with Crippen LogP contribution in [-0.2, 0) is 6.67 Å². The lowest BCUT2D eigenvalue weighted by Crippen LogP contribution is -2.18. The van der Waals surface area contributed by atoms with Crippen molar-refractivity contribution in [3.05, 3.63) is 66.7 Å². The molecule has 0 saturated carbocycles. The van der Waals surface area contributed by atoms with Crippen LogP contribution >= 0.6 is 0 Å². The molecule has 0 bridgehead atoms. The third-order valence-corrected chi connectivity index (χ3v) is 3.34. The number of rotatable bonds is 4. The Bertz CT molecular complexity index is 700. The van der Waals surface area contributed by atoms with Gasteiger partial charge in [0, 0.05) is 5.56 Å². The van der Waals surface area contributed by atoms with Crippen molar-refractivity contribution in [2.24, 2.45) is 0 Å². The van der Waals surface area contributed by atoms with E-state index in [2.05, 4.69) is 66.1 Å². The largest absolute Gasteiger partial charge is 0.291 e. The van der Waals surface area contributed by atoms with Crippen LogP contribution in [0.15, 0.2) is 66.7 Å². The van der Waals surface area contributed by atoms with Crippen LogP contribution in [0.5, 0.6) is 0 Å². The topological polar surface area (TPSA) is 21.1 Å². The lowest BCUT2D eigenvalue weighted by atomic mass is 10.1. The third kappa shape index (κ3) is 3.03. The van der Waals surface area contributed by atoms with Crippen LogP contribution in [0.2, 0.25) is 0 Å². The van der Waals surface area contributed by atoms with Gasteiger partial charge in [0.25, 0.3) is 0 Å². The highest BCUT2D eigenvalue weighted by Crippen LogP contribution is 2.26. The van der Waals surface area contributed by atoms with Gasteiger partial charge in [0.2, 0.25) is 0 Å². The number of aromatic nitrogens is 2. The first-order valence-electron chi connectivity index (χ1n) is 7.07. The summed E-state index contributed by atoms with van der Waals surface area (Å²) in [7, 11) is 4.11. The summed E-state index contributed by atoms with van der Waals surface area (Å²) < 4.78 is 2.05. The molecule has 0 aliphatic carbocycles. The van der Waals surface area contributed by atoms with Crippen molar-refractivity contribution in [1.29, 1.82) is 0 Å². The molecule has 0 amide bonds. The van der Waals surface area contributed by atoms with Crippen molar-refractivity contribution in [3.8, 4) is 22.5 Å². The molecule has 21 heavy (non-hydrogen) atoms. The summed E-state index contributed by atoms with van der Waals surface area (Å²) in [6, 6.07) is 22.9.